The van der Waals surface area contributed by atoms with Gasteiger partial charge in [-0.3, -0.25) is 32.5 Å². The molecule has 0 bridgehead atoms. The first kappa shape index (κ1) is 92.4. The van der Waals surface area contributed by atoms with Crippen LogP contribution in [0, 0.1) is 0 Å². The Morgan fingerprint density at radius 1 is 0.299 bits per heavy atom. The molecule has 0 aliphatic heterocycles. The van der Waals surface area contributed by atoms with Crippen LogP contribution in [-0.4, -0.2) is 95.9 Å². The monoisotopic (exact) mass is 1400 g/mol. The maximum atomic E-state index is 13.0. The van der Waals surface area contributed by atoms with E-state index < -0.39 is 91.5 Å². The van der Waals surface area contributed by atoms with Crippen LogP contribution in [0.3, 0.4) is 0 Å². The first-order chi connectivity index (χ1) is 47.2. The average molecular weight is 1400 g/mol. The predicted octanol–water partition coefficient (Wildman–Crippen LogP) is 21.3. The zero-order chi connectivity index (χ0) is 70.9. The molecule has 97 heavy (non-hydrogen) atoms. The summed E-state index contributed by atoms with van der Waals surface area (Å²) in [6.07, 6.45) is 86.0. The minimum absolute atomic E-state index is 0.0813. The van der Waals surface area contributed by atoms with E-state index in [-0.39, 0.29) is 19.3 Å². The Labute approximate surface area is 587 Å². The Morgan fingerprint density at radius 2 is 0.546 bits per heavy atom. The quantitative estimate of drug-likeness (QED) is 0.0146. The molecule has 0 aliphatic carbocycles. The van der Waals surface area contributed by atoms with Gasteiger partial charge < -0.3 is 34.2 Å². The molecule has 0 radical (unpaired) electrons. The van der Waals surface area contributed by atoms with E-state index in [1.54, 1.807) is 0 Å². The van der Waals surface area contributed by atoms with E-state index in [2.05, 4.69) is 167 Å². The average Bonchev–Trinajstić information content (AvgIpc) is 1.77. The summed E-state index contributed by atoms with van der Waals surface area (Å²) >= 11 is 0. The highest BCUT2D eigenvalue weighted by atomic mass is 31.2. The number of allylic oxidation sites excluding steroid dienone is 24. The van der Waals surface area contributed by atoms with Crippen LogP contribution in [0.5, 0.6) is 0 Å². The number of phosphoric acid groups is 2. The molecule has 0 aliphatic rings. The van der Waals surface area contributed by atoms with E-state index in [4.69, 9.17) is 32.3 Å². The molecule has 0 heterocycles. The van der Waals surface area contributed by atoms with Crippen molar-refractivity contribution in [3.63, 3.8) is 0 Å². The van der Waals surface area contributed by atoms with Crippen molar-refractivity contribution in [2.75, 3.05) is 39.6 Å². The Hall–Kier alpha value is -4.57. The maximum Gasteiger partial charge on any atom is 0.472 e. The molecule has 4 N–H and O–H groups in total. The number of hydrogen-bond acceptors (Lipinski definition) is 14. The van der Waals surface area contributed by atoms with Crippen molar-refractivity contribution < 1.29 is 75.8 Å². The van der Waals surface area contributed by atoms with Crippen LogP contribution in [0.2, 0.25) is 0 Å². The van der Waals surface area contributed by atoms with Crippen molar-refractivity contribution in [2.45, 2.75) is 296 Å². The molecule has 0 aromatic heterocycles. The van der Waals surface area contributed by atoms with Crippen LogP contribution in [0.4, 0.5) is 0 Å². The van der Waals surface area contributed by atoms with Gasteiger partial charge in [-0.1, -0.05) is 256 Å². The van der Waals surface area contributed by atoms with Crippen molar-refractivity contribution >= 4 is 33.6 Å². The summed E-state index contributed by atoms with van der Waals surface area (Å²) in [6.45, 7) is 2.44. The Balaban J connectivity index is 4.70. The molecule has 0 aromatic carbocycles. The van der Waals surface area contributed by atoms with E-state index in [0.717, 1.165) is 173 Å². The number of carbonyl (C=O) groups excluding carboxylic acids is 3. The number of hydrogen-bond donors (Lipinski definition) is 4. The third-order valence-electron chi connectivity index (χ3n) is 15.0. The Bertz CT molecular complexity index is 2350. The Morgan fingerprint density at radius 3 is 0.866 bits per heavy atom. The highest BCUT2D eigenvalue weighted by molar-refractivity contribution is 7.47. The lowest BCUT2D eigenvalue weighted by atomic mass is 10.1. The second kappa shape index (κ2) is 71.3. The summed E-state index contributed by atoms with van der Waals surface area (Å²) in [5.74, 6) is -1.63. The fourth-order valence-electron chi connectivity index (χ4n) is 9.35. The van der Waals surface area contributed by atoms with E-state index in [9.17, 15) is 43.5 Å². The van der Waals surface area contributed by atoms with E-state index in [0.29, 0.717) is 19.3 Å². The molecular formula is C79H132O16P2. The number of unbranched alkanes of at least 4 members (excludes halogenated alkanes) is 22. The van der Waals surface area contributed by atoms with Crippen LogP contribution in [0.1, 0.15) is 278 Å². The molecule has 5 unspecified atom stereocenters. The van der Waals surface area contributed by atoms with Crippen LogP contribution >= 0.6 is 15.6 Å². The van der Waals surface area contributed by atoms with Crippen LogP contribution < -0.4 is 0 Å². The van der Waals surface area contributed by atoms with Crippen LogP contribution in [0.15, 0.2) is 146 Å². The standard InChI is InChI=1S/C79H132O16P2/c1-4-7-10-13-16-19-22-25-28-30-32-34-36-38-40-42-45-47-50-53-56-59-62-65-77(82)89-68-74(80)69-91-96(85,86)92-70-75(81)71-93-97(87,88)94-73-76(95-79(84)67-64-61-58-55-52-49-44-27-24-21-18-15-12-9-6-3)72-90-78(83)66-63-60-57-54-51-48-46-43-41-39-37-35-33-31-29-26-23-20-17-14-11-8-5-2/h7,10,16-21,25-29,32-35,38-41,44-45,47,74-76,80-81H,4-6,8-9,11-15,22-24,30-31,36-37,42-43,46,48-73H2,1-3H3,(H,85,86)(H,87,88)/b10-7-,19-16-,20-17-,21-18-,28-25-,29-26-,34-32-,35-33-,40-38-,41-39-,44-27-,47-45-. The smallest absolute Gasteiger partial charge is 0.463 e. The normalized spacial score (nSPS) is 14.9. The fourth-order valence-corrected chi connectivity index (χ4v) is 10.9. The molecule has 0 saturated carbocycles. The molecule has 0 aromatic rings. The van der Waals surface area contributed by atoms with Crippen LogP contribution in [-0.2, 0) is 55.8 Å². The van der Waals surface area contributed by atoms with Crippen molar-refractivity contribution in [1.82, 2.24) is 0 Å². The zero-order valence-electron chi connectivity index (χ0n) is 60.2. The molecule has 0 rings (SSSR count). The van der Waals surface area contributed by atoms with Crippen molar-refractivity contribution in [2.24, 2.45) is 0 Å². The van der Waals surface area contributed by atoms with Gasteiger partial charge in [0.25, 0.3) is 0 Å². The van der Waals surface area contributed by atoms with Crippen molar-refractivity contribution in [3.05, 3.63) is 146 Å². The summed E-state index contributed by atoms with van der Waals surface area (Å²) < 4.78 is 61.0. The van der Waals surface area contributed by atoms with Gasteiger partial charge in [0.2, 0.25) is 0 Å². The van der Waals surface area contributed by atoms with E-state index in [1.807, 2.05) is 0 Å². The molecule has 0 amide bonds. The van der Waals surface area contributed by atoms with Gasteiger partial charge in [-0.05, 0) is 148 Å². The largest absolute Gasteiger partial charge is 0.472 e. The first-order valence-electron chi connectivity index (χ1n) is 37.1. The highest BCUT2D eigenvalue weighted by Crippen LogP contribution is 2.45. The van der Waals surface area contributed by atoms with Gasteiger partial charge in [-0.2, -0.15) is 0 Å². The van der Waals surface area contributed by atoms with Gasteiger partial charge >= 0.3 is 33.6 Å². The van der Waals surface area contributed by atoms with Gasteiger partial charge in [0.1, 0.15) is 25.4 Å². The summed E-state index contributed by atoms with van der Waals surface area (Å²) in [5.41, 5.74) is 0. The summed E-state index contributed by atoms with van der Waals surface area (Å²) in [6, 6.07) is 0. The van der Waals surface area contributed by atoms with Gasteiger partial charge in [0.15, 0.2) is 6.10 Å². The summed E-state index contributed by atoms with van der Waals surface area (Å²) in [5, 5.41) is 20.6. The topological polar surface area (TPSA) is 231 Å². The second-order valence-electron chi connectivity index (χ2n) is 24.4. The molecule has 18 heteroatoms. The number of rotatable bonds is 69. The highest BCUT2D eigenvalue weighted by Gasteiger charge is 2.29. The van der Waals surface area contributed by atoms with Crippen molar-refractivity contribution in [3.8, 4) is 0 Å². The van der Waals surface area contributed by atoms with E-state index >= 15 is 0 Å². The number of ether oxygens (including phenoxy) is 3. The van der Waals surface area contributed by atoms with E-state index in [1.165, 1.54) is 44.9 Å². The lowest BCUT2D eigenvalue weighted by Crippen LogP contribution is -2.30. The summed E-state index contributed by atoms with van der Waals surface area (Å²) in [7, 11) is -9.81. The van der Waals surface area contributed by atoms with Gasteiger partial charge in [-0.15, -0.1) is 0 Å². The number of phosphoric ester groups is 2. The first-order valence-corrected chi connectivity index (χ1v) is 40.1. The van der Waals surface area contributed by atoms with Gasteiger partial charge in [0.05, 0.1) is 26.4 Å². The summed E-state index contributed by atoms with van der Waals surface area (Å²) in [4.78, 5) is 58.5. The van der Waals surface area contributed by atoms with Gasteiger partial charge in [0, 0.05) is 19.3 Å². The van der Waals surface area contributed by atoms with Crippen molar-refractivity contribution in [1.29, 1.82) is 0 Å². The lowest BCUT2D eigenvalue weighted by Gasteiger charge is -2.21. The predicted molar refractivity (Wildman–Crippen MR) is 399 cm³/mol. The molecule has 16 nitrogen and oxygen atoms in total. The molecular weight excluding hydrogens is 1270 g/mol. The Kier molecular flexibility index (Phi) is 67.9. The fraction of sp³-hybridized carbons (Fsp3) is 0.658. The molecule has 0 fully saturated rings. The number of aliphatic hydroxyl groups is 2. The number of aliphatic hydroxyl groups excluding tert-OH is 2. The lowest BCUT2D eigenvalue weighted by molar-refractivity contribution is -0.161. The minimum Gasteiger partial charge on any atom is -0.463 e. The maximum absolute atomic E-state index is 13.0. The second-order valence-corrected chi connectivity index (χ2v) is 27.3. The SMILES string of the molecule is CC/C=C\C/C=C\C/C=C\C/C=C\C/C=C\C/C=C\CCCCCCC(=O)OCC(O)COP(=O)(O)OCC(O)COP(=O)(O)OCC(COC(=O)CCCCCCCCC/C=C\C/C=C\C/C=C\C/C=C\CCCCC)OC(=O)CCCCCCC/C=C\C/C=C\CCCCC. The molecule has 554 valence electrons. The molecule has 0 saturated heterocycles. The number of esters is 3. The number of carbonyl (C=O) groups is 3. The molecule has 0 spiro atoms. The molecule has 5 atom stereocenters. The third-order valence-corrected chi connectivity index (χ3v) is 16.9. The third kappa shape index (κ3) is 72.5. The van der Waals surface area contributed by atoms with Crippen LogP contribution in [0.25, 0.3) is 0 Å². The van der Waals surface area contributed by atoms with Gasteiger partial charge in [-0.25, -0.2) is 9.13 Å². The zero-order valence-corrected chi connectivity index (χ0v) is 62.0. The minimum atomic E-state index is -4.94.